The third-order valence-corrected chi connectivity index (χ3v) is 3.75. The van der Waals surface area contributed by atoms with Gasteiger partial charge >= 0.3 is 0 Å². The second-order valence-corrected chi connectivity index (χ2v) is 5.69. The summed E-state index contributed by atoms with van der Waals surface area (Å²) in [5.74, 6) is -1.63. The van der Waals surface area contributed by atoms with Crippen molar-refractivity contribution in [2.45, 2.75) is 12.5 Å². The molecule has 1 unspecified atom stereocenters. The monoisotopic (exact) mass is 368 g/mol. The van der Waals surface area contributed by atoms with Gasteiger partial charge in [-0.3, -0.25) is 4.79 Å². The number of benzene rings is 1. The fourth-order valence-electron chi connectivity index (χ4n) is 2.33. The van der Waals surface area contributed by atoms with Gasteiger partial charge in [-0.2, -0.15) is 0 Å². The molecular formula is C14H11BrF2N4O. The van der Waals surface area contributed by atoms with Crippen molar-refractivity contribution < 1.29 is 13.6 Å². The summed E-state index contributed by atoms with van der Waals surface area (Å²) >= 11 is 3.21. The molecule has 5 nitrogen and oxygen atoms in total. The highest BCUT2D eigenvalue weighted by molar-refractivity contribution is 9.10. The topological polar surface area (TPSA) is 58.1 Å². The molecule has 0 aliphatic carbocycles. The number of anilines is 2. The molecule has 1 fully saturated rings. The number of carbonyl (C=O) groups is 1. The second kappa shape index (κ2) is 5.96. The zero-order valence-corrected chi connectivity index (χ0v) is 12.8. The largest absolute Gasteiger partial charge is 0.342 e. The lowest BCUT2D eigenvalue weighted by Crippen LogP contribution is -2.34. The van der Waals surface area contributed by atoms with Crippen molar-refractivity contribution in [3.63, 3.8) is 0 Å². The van der Waals surface area contributed by atoms with Crippen LogP contribution in [0.25, 0.3) is 0 Å². The summed E-state index contributed by atoms with van der Waals surface area (Å²) in [7, 11) is 0. The Morgan fingerprint density at radius 3 is 2.50 bits per heavy atom. The molecule has 1 amide bonds. The van der Waals surface area contributed by atoms with Crippen molar-refractivity contribution >= 4 is 33.5 Å². The Kier molecular flexibility index (Phi) is 4.02. The van der Waals surface area contributed by atoms with Crippen molar-refractivity contribution in [3.8, 4) is 0 Å². The Bertz CT molecular complexity index is 690. The third-order valence-electron chi connectivity index (χ3n) is 3.34. The fourth-order valence-corrected chi connectivity index (χ4v) is 2.53. The van der Waals surface area contributed by atoms with Crippen molar-refractivity contribution in [1.82, 2.24) is 9.97 Å². The van der Waals surface area contributed by atoms with Crippen LogP contribution in [0.4, 0.5) is 20.4 Å². The van der Waals surface area contributed by atoms with Crippen LogP contribution in [-0.2, 0) is 4.79 Å². The van der Waals surface area contributed by atoms with Crippen LogP contribution in [0.1, 0.15) is 6.42 Å². The van der Waals surface area contributed by atoms with Gasteiger partial charge < -0.3 is 10.2 Å². The van der Waals surface area contributed by atoms with Gasteiger partial charge in [0.2, 0.25) is 11.9 Å². The fraction of sp³-hybridized carbons (Fsp3) is 0.214. The number of para-hydroxylation sites is 1. The Balaban J connectivity index is 1.79. The molecule has 0 bridgehead atoms. The van der Waals surface area contributed by atoms with Gasteiger partial charge in [-0.15, -0.1) is 0 Å². The van der Waals surface area contributed by atoms with E-state index in [1.54, 1.807) is 12.4 Å². The van der Waals surface area contributed by atoms with Gasteiger partial charge in [-0.05, 0) is 34.5 Å². The highest BCUT2D eigenvalue weighted by atomic mass is 79.9. The lowest BCUT2D eigenvalue weighted by molar-refractivity contribution is -0.117. The zero-order valence-electron chi connectivity index (χ0n) is 11.3. The number of nitrogens with zero attached hydrogens (tertiary/aromatic N) is 3. The van der Waals surface area contributed by atoms with Crippen molar-refractivity contribution in [2.75, 3.05) is 16.8 Å². The van der Waals surface area contributed by atoms with Crippen LogP contribution < -0.4 is 10.2 Å². The number of rotatable bonds is 3. The van der Waals surface area contributed by atoms with Gasteiger partial charge in [0, 0.05) is 18.9 Å². The maximum atomic E-state index is 13.8. The molecule has 0 saturated carbocycles. The minimum absolute atomic E-state index is 0.227. The Morgan fingerprint density at radius 2 is 1.86 bits per heavy atom. The molecule has 1 aliphatic heterocycles. The normalized spacial score (nSPS) is 17.9. The molecule has 1 atom stereocenters. The van der Waals surface area contributed by atoms with Crippen LogP contribution in [0.3, 0.4) is 0 Å². The molecule has 2 heterocycles. The molecular weight excluding hydrogens is 358 g/mol. The zero-order chi connectivity index (χ0) is 15.7. The lowest BCUT2D eigenvalue weighted by atomic mass is 10.2. The van der Waals surface area contributed by atoms with E-state index in [2.05, 4.69) is 31.2 Å². The van der Waals surface area contributed by atoms with Gasteiger partial charge in [-0.25, -0.2) is 18.7 Å². The Hall–Kier alpha value is -2.09. The molecule has 1 aromatic carbocycles. The number of hydrogen-bond donors (Lipinski definition) is 1. The van der Waals surface area contributed by atoms with Crippen LogP contribution in [0.2, 0.25) is 0 Å². The van der Waals surface area contributed by atoms with Crippen molar-refractivity contribution in [3.05, 3.63) is 46.7 Å². The summed E-state index contributed by atoms with van der Waals surface area (Å²) in [6.07, 6.45) is 3.50. The first-order valence-electron chi connectivity index (χ1n) is 6.56. The summed E-state index contributed by atoms with van der Waals surface area (Å²) < 4.78 is 28.3. The Morgan fingerprint density at radius 1 is 1.23 bits per heavy atom. The molecule has 1 saturated heterocycles. The standard InChI is InChI=1S/C14H11BrF2N4O/c15-8-6-18-14(19-7-8)20-11-4-5-21(13(11)22)12-9(16)2-1-3-10(12)17/h1-3,6-7,11H,4-5H2,(H,18,19,20). The molecule has 114 valence electrons. The van der Waals surface area contributed by atoms with Crippen LogP contribution >= 0.6 is 15.9 Å². The molecule has 0 spiro atoms. The van der Waals surface area contributed by atoms with Crippen molar-refractivity contribution in [1.29, 1.82) is 0 Å². The molecule has 1 aromatic heterocycles. The van der Waals surface area contributed by atoms with E-state index in [1.165, 1.54) is 6.07 Å². The minimum atomic E-state index is -0.756. The smallest absolute Gasteiger partial charge is 0.249 e. The van der Waals surface area contributed by atoms with Crippen molar-refractivity contribution in [2.24, 2.45) is 0 Å². The highest BCUT2D eigenvalue weighted by Gasteiger charge is 2.35. The van der Waals surface area contributed by atoms with E-state index >= 15 is 0 Å². The molecule has 1 N–H and O–H groups in total. The Labute approximate surface area is 133 Å². The van der Waals surface area contributed by atoms with Gasteiger partial charge in [0.1, 0.15) is 23.4 Å². The quantitative estimate of drug-likeness (QED) is 0.904. The van der Waals surface area contributed by atoms with Crippen LogP contribution in [0.5, 0.6) is 0 Å². The number of amides is 1. The molecule has 0 radical (unpaired) electrons. The van der Waals surface area contributed by atoms with E-state index < -0.39 is 23.6 Å². The average molecular weight is 369 g/mol. The lowest BCUT2D eigenvalue weighted by Gasteiger charge is -2.18. The van der Waals surface area contributed by atoms with Gasteiger partial charge in [-0.1, -0.05) is 6.07 Å². The summed E-state index contributed by atoms with van der Waals surface area (Å²) in [5.41, 5.74) is -0.312. The minimum Gasteiger partial charge on any atom is -0.342 e. The molecule has 2 aromatic rings. The van der Waals surface area contributed by atoms with Crippen LogP contribution in [-0.4, -0.2) is 28.5 Å². The number of aromatic nitrogens is 2. The van der Waals surface area contributed by atoms with E-state index in [1.807, 2.05) is 0 Å². The first-order chi connectivity index (χ1) is 10.6. The van der Waals surface area contributed by atoms with E-state index in [0.29, 0.717) is 10.9 Å². The number of hydrogen-bond acceptors (Lipinski definition) is 4. The SMILES string of the molecule is O=C1C(Nc2ncc(Br)cn2)CCN1c1c(F)cccc1F. The predicted octanol–water partition coefficient (Wildman–Crippen LogP) is 2.73. The number of halogens is 3. The number of nitrogens with one attached hydrogen (secondary N) is 1. The van der Waals surface area contributed by atoms with E-state index in [9.17, 15) is 13.6 Å². The molecule has 1 aliphatic rings. The first kappa shape index (κ1) is 14.8. The summed E-state index contributed by atoms with van der Waals surface area (Å²) in [5, 5.41) is 2.88. The summed E-state index contributed by atoms with van der Waals surface area (Å²) in [6.45, 7) is 0.227. The van der Waals surface area contributed by atoms with E-state index in [4.69, 9.17) is 0 Å². The highest BCUT2D eigenvalue weighted by Crippen LogP contribution is 2.28. The van der Waals surface area contributed by atoms with Gasteiger partial charge in [0.05, 0.1) is 4.47 Å². The maximum absolute atomic E-state index is 13.8. The summed E-state index contributed by atoms with van der Waals surface area (Å²) in [6, 6.07) is 2.91. The maximum Gasteiger partial charge on any atom is 0.249 e. The summed E-state index contributed by atoms with van der Waals surface area (Å²) in [4.78, 5) is 21.5. The van der Waals surface area contributed by atoms with Gasteiger partial charge in [0.25, 0.3) is 0 Å². The van der Waals surface area contributed by atoms with Crippen LogP contribution in [0, 0.1) is 11.6 Å². The third kappa shape index (κ3) is 2.78. The van der Waals surface area contributed by atoms with Gasteiger partial charge in [0.15, 0.2) is 0 Å². The first-order valence-corrected chi connectivity index (χ1v) is 7.35. The van der Waals surface area contributed by atoms with Crippen LogP contribution in [0.15, 0.2) is 35.1 Å². The molecule has 22 heavy (non-hydrogen) atoms. The average Bonchev–Trinajstić information content (AvgIpc) is 2.83. The molecule has 8 heteroatoms. The van der Waals surface area contributed by atoms with E-state index in [-0.39, 0.29) is 18.2 Å². The second-order valence-electron chi connectivity index (χ2n) is 4.77. The molecule has 3 rings (SSSR count). The predicted molar refractivity (Wildman–Crippen MR) is 80.5 cm³/mol. The van der Waals surface area contributed by atoms with E-state index in [0.717, 1.165) is 17.0 Å². The number of carbonyl (C=O) groups excluding carboxylic acids is 1.